The number of pyridine rings is 1. The fourth-order valence-corrected chi connectivity index (χ4v) is 3.91. The average Bonchev–Trinajstić information content (AvgIpc) is 2.86. The summed E-state index contributed by atoms with van der Waals surface area (Å²) < 4.78 is 5.93. The topological polar surface area (TPSA) is 171 Å². The molecule has 0 fully saturated rings. The Bertz CT molecular complexity index is 1330. The molecule has 0 aliphatic carbocycles. The van der Waals surface area contributed by atoms with Gasteiger partial charge in [0, 0.05) is 30.4 Å². The number of hydrogen-bond acceptors (Lipinski definition) is 7. The Morgan fingerprint density at radius 3 is 2.50 bits per heavy atom. The highest BCUT2D eigenvalue weighted by molar-refractivity contribution is 6.31. The van der Waals surface area contributed by atoms with E-state index in [4.69, 9.17) is 27.5 Å². The van der Waals surface area contributed by atoms with Gasteiger partial charge in [0.1, 0.15) is 17.4 Å². The Balaban J connectivity index is 1.90. The molecule has 11 heteroatoms. The number of aromatic nitrogens is 1. The summed E-state index contributed by atoms with van der Waals surface area (Å²) in [5.41, 5.74) is 8.70. The molecule has 3 aromatic rings. The standard InChI is InChI=1S/C27H30ClN5O5/c1-15(2)38-23-10-16(14-34)9-18(21(23)7-8-24(35)36)12-31-26-22(11-19(28)13-32-26)27(37)33-20-5-3-17(4-6-20)25(29)30/h3-6,9-11,13,15,34H,7-8,12,14H2,1-2H3,(H3,29,30)(H,31,32)(H,33,37)(H,35,36). The van der Waals surface area contributed by atoms with Gasteiger partial charge in [-0.15, -0.1) is 0 Å². The molecule has 1 heterocycles. The van der Waals surface area contributed by atoms with E-state index in [9.17, 15) is 19.8 Å². The van der Waals surface area contributed by atoms with Gasteiger partial charge < -0.3 is 31.3 Å². The lowest BCUT2D eigenvalue weighted by atomic mass is 9.98. The van der Waals surface area contributed by atoms with Crippen LogP contribution in [0.15, 0.2) is 48.7 Å². The largest absolute Gasteiger partial charge is 0.491 e. The minimum absolute atomic E-state index is 0.0802. The number of carbonyl (C=O) groups is 2. The summed E-state index contributed by atoms with van der Waals surface area (Å²) in [7, 11) is 0. The molecule has 3 rings (SSSR count). The number of ether oxygens (including phenoxy) is 1. The zero-order valence-corrected chi connectivity index (χ0v) is 21.8. The predicted molar refractivity (Wildman–Crippen MR) is 146 cm³/mol. The number of carbonyl (C=O) groups excluding carboxylic acids is 1. The molecule has 200 valence electrons. The number of halogens is 1. The molecule has 0 unspecified atom stereocenters. The van der Waals surface area contributed by atoms with E-state index in [1.165, 1.54) is 12.3 Å². The first-order valence-electron chi connectivity index (χ1n) is 11.9. The Hall–Kier alpha value is -4.15. The maximum absolute atomic E-state index is 13.1. The van der Waals surface area contributed by atoms with Crippen molar-refractivity contribution in [2.45, 2.75) is 45.9 Å². The van der Waals surface area contributed by atoms with Crippen LogP contribution in [0.4, 0.5) is 11.5 Å². The van der Waals surface area contributed by atoms with Gasteiger partial charge in [0.2, 0.25) is 0 Å². The lowest BCUT2D eigenvalue weighted by molar-refractivity contribution is -0.136. The summed E-state index contributed by atoms with van der Waals surface area (Å²) in [6, 6.07) is 11.5. The van der Waals surface area contributed by atoms with E-state index in [0.717, 1.165) is 0 Å². The average molecular weight is 540 g/mol. The number of aliphatic carboxylic acids is 1. The van der Waals surface area contributed by atoms with E-state index >= 15 is 0 Å². The number of benzene rings is 2. The number of nitrogens with two attached hydrogens (primary N) is 1. The van der Waals surface area contributed by atoms with Crippen molar-refractivity contribution in [3.05, 3.63) is 81.5 Å². The minimum atomic E-state index is -0.944. The highest BCUT2D eigenvalue weighted by atomic mass is 35.5. The number of carboxylic acid groups (broad SMARTS) is 1. The monoisotopic (exact) mass is 539 g/mol. The van der Waals surface area contributed by atoms with Crippen molar-refractivity contribution >= 4 is 40.8 Å². The van der Waals surface area contributed by atoms with Gasteiger partial charge in [0.25, 0.3) is 5.91 Å². The van der Waals surface area contributed by atoms with Crippen LogP contribution >= 0.6 is 11.6 Å². The first kappa shape index (κ1) is 28.4. The number of nitrogen functional groups attached to an aromatic ring is 1. The fraction of sp³-hybridized carbons (Fsp3) is 0.259. The molecule has 38 heavy (non-hydrogen) atoms. The molecule has 0 aliphatic rings. The quantitative estimate of drug-likeness (QED) is 0.147. The summed E-state index contributed by atoms with van der Waals surface area (Å²) in [6.45, 7) is 3.68. The smallest absolute Gasteiger partial charge is 0.303 e. The third kappa shape index (κ3) is 7.67. The molecule has 10 nitrogen and oxygen atoms in total. The highest BCUT2D eigenvalue weighted by Crippen LogP contribution is 2.29. The van der Waals surface area contributed by atoms with Gasteiger partial charge in [0.15, 0.2) is 0 Å². The number of amides is 1. The van der Waals surface area contributed by atoms with Crippen molar-refractivity contribution in [1.29, 1.82) is 5.41 Å². The minimum Gasteiger partial charge on any atom is -0.491 e. The summed E-state index contributed by atoms with van der Waals surface area (Å²) in [6.07, 6.45) is 1.36. The molecule has 0 radical (unpaired) electrons. The number of hydrogen-bond donors (Lipinski definition) is 6. The van der Waals surface area contributed by atoms with Gasteiger partial charge >= 0.3 is 5.97 Å². The van der Waals surface area contributed by atoms with E-state index in [1.807, 2.05) is 13.8 Å². The molecule has 0 saturated heterocycles. The first-order chi connectivity index (χ1) is 18.1. The maximum Gasteiger partial charge on any atom is 0.303 e. The van der Waals surface area contributed by atoms with Crippen molar-refractivity contribution in [2.24, 2.45) is 5.73 Å². The molecule has 0 saturated carbocycles. The molecule has 0 aliphatic heterocycles. The van der Waals surface area contributed by atoms with Gasteiger partial charge in [-0.3, -0.25) is 15.0 Å². The van der Waals surface area contributed by atoms with Crippen LogP contribution in [0.25, 0.3) is 0 Å². The number of anilines is 2. The van der Waals surface area contributed by atoms with E-state index in [1.54, 1.807) is 36.4 Å². The van der Waals surface area contributed by atoms with Crippen LogP contribution in [0.2, 0.25) is 5.02 Å². The Morgan fingerprint density at radius 2 is 1.89 bits per heavy atom. The molecule has 1 amide bonds. The fourth-order valence-electron chi connectivity index (χ4n) is 3.75. The van der Waals surface area contributed by atoms with E-state index < -0.39 is 11.9 Å². The van der Waals surface area contributed by atoms with Crippen LogP contribution in [-0.4, -0.2) is 39.0 Å². The summed E-state index contributed by atoms with van der Waals surface area (Å²) in [4.78, 5) is 28.7. The van der Waals surface area contributed by atoms with Crippen molar-refractivity contribution in [3.63, 3.8) is 0 Å². The van der Waals surface area contributed by atoms with Crippen molar-refractivity contribution < 1.29 is 24.5 Å². The highest BCUT2D eigenvalue weighted by Gasteiger charge is 2.18. The molecule has 2 aromatic carbocycles. The zero-order chi connectivity index (χ0) is 27.8. The van der Waals surface area contributed by atoms with E-state index in [-0.39, 0.29) is 54.3 Å². The summed E-state index contributed by atoms with van der Waals surface area (Å²) in [5.74, 6) is -0.724. The summed E-state index contributed by atoms with van der Waals surface area (Å²) in [5, 5.41) is 32.7. The molecule has 0 atom stereocenters. The number of amidine groups is 1. The van der Waals surface area contributed by atoms with Crippen molar-refractivity contribution in [1.82, 2.24) is 4.98 Å². The van der Waals surface area contributed by atoms with Crippen LogP contribution in [0.1, 0.15) is 52.9 Å². The molecular weight excluding hydrogens is 510 g/mol. The number of rotatable bonds is 12. The number of aliphatic hydroxyl groups excluding tert-OH is 1. The SMILES string of the molecule is CC(C)Oc1cc(CO)cc(CNc2ncc(Cl)cc2C(=O)Nc2ccc(C(=N)N)cc2)c1CCC(=O)O. The molecule has 7 N–H and O–H groups in total. The Labute approximate surface area is 225 Å². The summed E-state index contributed by atoms with van der Waals surface area (Å²) >= 11 is 6.13. The molecule has 0 bridgehead atoms. The van der Waals surface area contributed by atoms with Crippen LogP contribution in [0.3, 0.4) is 0 Å². The van der Waals surface area contributed by atoms with Gasteiger partial charge in [0.05, 0.1) is 23.3 Å². The molecular formula is C27H30ClN5O5. The lowest BCUT2D eigenvalue weighted by Crippen LogP contribution is -2.17. The number of nitrogens with zero attached hydrogens (tertiary/aromatic N) is 1. The van der Waals surface area contributed by atoms with Crippen LogP contribution in [0.5, 0.6) is 5.75 Å². The van der Waals surface area contributed by atoms with E-state index in [2.05, 4.69) is 15.6 Å². The van der Waals surface area contributed by atoms with Crippen molar-refractivity contribution in [3.8, 4) is 5.75 Å². The third-order valence-corrected chi connectivity index (χ3v) is 5.70. The predicted octanol–water partition coefficient (Wildman–Crippen LogP) is 4.18. The molecule has 1 aromatic heterocycles. The van der Waals surface area contributed by atoms with E-state index in [0.29, 0.717) is 33.7 Å². The van der Waals surface area contributed by atoms with Gasteiger partial charge in [-0.25, -0.2) is 4.98 Å². The Morgan fingerprint density at radius 1 is 1.18 bits per heavy atom. The second-order valence-corrected chi connectivity index (χ2v) is 9.23. The van der Waals surface area contributed by atoms with Gasteiger partial charge in [-0.2, -0.15) is 0 Å². The Kier molecular flexibility index (Phi) is 9.64. The zero-order valence-electron chi connectivity index (χ0n) is 21.0. The van der Waals surface area contributed by atoms with Gasteiger partial charge in [-0.05, 0) is 73.4 Å². The van der Waals surface area contributed by atoms with Crippen LogP contribution in [0, 0.1) is 5.41 Å². The number of carboxylic acids is 1. The number of aliphatic hydroxyl groups is 1. The van der Waals surface area contributed by atoms with Crippen LogP contribution in [-0.2, 0) is 24.4 Å². The van der Waals surface area contributed by atoms with Gasteiger partial charge in [-0.1, -0.05) is 17.7 Å². The maximum atomic E-state index is 13.1. The second-order valence-electron chi connectivity index (χ2n) is 8.80. The molecule has 0 spiro atoms. The van der Waals surface area contributed by atoms with Crippen molar-refractivity contribution in [2.75, 3.05) is 10.6 Å². The lowest BCUT2D eigenvalue weighted by Gasteiger charge is -2.20. The number of nitrogens with one attached hydrogen (secondary N) is 3. The second kappa shape index (κ2) is 12.9. The third-order valence-electron chi connectivity index (χ3n) is 5.49. The first-order valence-corrected chi connectivity index (χ1v) is 12.2. The normalized spacial score (nSPS) is 10.8. The van der Waals surface area contributed by atoms with Crippen LogP contribution < -0.4 is 21.1 Å².